The largest absolute Gasteiger partial charge is 0.497 e. The van der Waals surface area contributed by atoms with Gasteiger partial charge < -0.3 is 9.84 Å². The van der Waals surface area contributed by atoms with E-state index in [2.05, 4.69) is 0 Å². The van der Waals surface area contributed by atoms with Gasteiger partial charge in [-0.15, -0.1) is 0 Å². The van der Waals surface area contributed by atoms with E-state index in [9.17, 15) is 13.2 Å². The number of rotatable bonds is 3. The average molecular weight is 270 g/mol. The molecule has 0 radical (unpaired) electrons. The van der Waals surface area contributed by atoms with E-state index in [1.165, 1.54) is 20.1 Å². The number of methoxy groups -OCH3 is 1. The average Bonchev–Trinajstić information content (AvgIpc) is 2.60. The predicted octanol–water partition coefficient (Wildman–Crippen LogP) is 1.29. The SMILES string of the molecule is COc1ccc2c(c1)C(C(C)C(=O)O)CS2(=O)=O. The van der Waals surface area contributed by atoms with E-state index >= 15 is 0 Å². The first-order chi connectivity index (χ1) is 8.36. The van der Waals surface area contributed by atoms with Crippen LogP contribution < -0.4 is 4.74 Å². The molecule has 0 saturated carbocycles. The molecule has 0 fully saturated rings. The Morgan fingerprint density at radius 3 is 2.72 bits per heavy atom. The first kappa shape index (κ1) is 12.9. The van der Waals surface area contributed by atoms with Gasteiger partial charge in [0, 0.05) is 5.92 Å². The number of fused-ring (bicyclic) bond motifs is 1. The Kier molecular flexibility index (Phi) is 3.06. The summed E-state index contributed by atoms with van der Waals surface area (Å²) in [6.45, 7) is 1.52. The lowest BCUT2D eigenvalue weighted by Crippen LogP contribution is -2.20. The molecule has 98 valence electrons. The summed E-state index contributed by atoms with van der Waals surface area (Å²) in [6, 6.07) is 4.67. The van der Waals surface area contributed by atoms with E-state index in [-0.39, 0.29) is 10.6 Å². The van der Waals surface area contributed by atoms with E-state index in [0.29, 0.717) is 11.3 Å². The van der Waals surface area contributed by atoms with Gasteiger partial charge in [0.2, 0.25) is 0 Å². The molecule has 0 amide bonds. The number of carbonyl (C=O) groups is 1. The number of hydrogen-bond donors (Lipinski definition) is 1. The summed E-state index contributed by atoms with van der Waals surface area (Å²) in [5.74, 6) is -1.87. The minimum atomic E-state index is -3.38. The summed E-state index contributed by atoms with van der Waals surface area (Å²) in [5, 5.41) is 9.04. The van der Waals surface area contributed by atoms with Gasteiger partial charge in [-0.3, -0.25) is 4.79 Å². The van der Waals surface area contributed by atoms with E-state index in [1.807, 2.05) is 0 Å². The quantitative estimate of drug-likeness (QED) is 0.895. The second-order valence-corrected chi connectivity index (χ2v) is 6.42. The van der Waals surface area contributed by atoms with Gasteiger partial charge in [0.25, 0.3) is 0 Å². The van der Waals surface area contributed by atoms with Gasteiger partial charge in [0.1, 0.15) is 5.75 Å². The molecule has 0 aliphatic carbocycles. The first-order valence-corrected chi connectivity index (χ1v) is 7.15. The molecule has 0 aromatic heterocycles. The zero-order valence-corrected chi connectivity index (χ0v) is 10.9. The van der Waals surface area contributed by atoms with Crippen molar-refractivity contribution in [2.75, 3.05) is 12.9 Å². The third-order valence-electron chi connectivity index (χ3n) is 3.34. The van der Waals surface area contributed by atoms with Crippen LogP contribution in [0.2, 0.25) is 0 Å². The molecule has 18 heavy (non-hydrogen) atoms. The van der Waals surface area contributed by atoms with Crippen molar-refractivity contribution in [3.8, 4) is 5.75 Å². The number of ether oxygens (including phenoxy) is 1. The Morgan fingerprint density at radius 1 is 1.50 bits per heavy atom. The molecule has 1 N–H and O–H groups in total. The molecule has 0 spiro atoms. The summed E-state index contributed by atoms with van der Waals surface area (Å²) in [4.78, 5) is 11.3. The van der Waals surface area contributed by atoms with Crippen molar-refractivity contribution >= 4 is 15.8 Å². The van der Waals surface area contributed by atoms with Gasteiger partial charge in [-0.1, -0.05) is 6.92 Å². The maximum atomic E-state index is 12.0. The van der Waals surface area contributed by atoms with Crippen molar-refractivity contribution < 1.29 is 23.1 Å². The second kappa shape index (κ2) is 4.28. The second-order valence-electron chi connectivity index (χ2n) is 4.42. The van der Waals surface area contributed by atoms with E-state index in [0.717, 1.165) is 0 Å². The van der Waals surface area contributed by atoms with Gasteiger partial charge in [-0.25, -0.2) is 8.42 Å². The molecule has 1 aliphatic rings. The van der Waals surface area contributed by atoms with Gasteiger partial charge in [0.05, 0.1) is 23.7 Å². The van der Waals surface area contributed by atoms with Crippen LogP contribution in [0.25, 0.3) is 0 Å². The molecular weight excluding hydrogens is 256 g/mol. The molecule has 1 aliphatic heterocycles. The van der Waals surface area contributed by atoms with Crippen molar-refractivity contribution in [2.45, 2.75) is 17.7 Å². The highest BCUT2D eigenvalue weighted by atomic mass is 32.2. The Bertz CT molecular complexity index is 590. The van der Waals surface area contributed by atoms with E-state index in [4.69, 9.17) is 9.84 Å². The third kappa shape index (κ3) is 1.96. The molecule has 2 rings (SSSR count). The van der Waals surface area contributed by atoms with E-state index < -0.39 is 27.6 Å². The molecule has 0 bridgehead atoms. The van der Waals surface area contributed by atoms with Gasteiger partial charge >= 0.3 is 5.97 Å². The first-order valence-electron chi connectivity index (χ1n) is 5.50. The lowest BCUT2D eigenvalue weighted by Gasteiger charge is -2.15. The van der Waals surface area contributed by atoms with Gasteiger partial charge in [-0.05, 0) is 23.8 Å². The van der Waals surface area contributed by atoms with Crippen molar-refractivity contribution in [1.82, 2.24) is 0 Å². The van der Waals surface area contributed by atoms with Crippen molar-refractivity contribution in [3.05, 3.63) is 23.8 Å². The summed E-state index contributed by atoms with van der Waals surface area (Å²) in [7, 11) is -1.89. The molecule has 6 heteroatoms. The summed E-state index contributed by atoms with van der Waals surface area (Å²) >= 11 is 0. The highest BCUT2D eigenvalue weighted by Crippen LogP contribution is 2.41. The number of carboxylic acids is 1. The van der Waals surface area contributed by atoms with Crippen LogP contribution in [0.1, 0.15) is 18.4 Å². The van der Waals surface area contributed by atoms with Crippen molar-refractivity contribution in [2.24, 2.45) is 5.92 Å². The van der Waals surface area contributed by atoms with E-state index in [1.54, 1.807) is 12.1 Å². The molecule has 1 aromatic carbocycles. The molecular formula is C12H14O5S. The minimum absolute atomic E-state index is 0.150. The number of carboxylic acid groups (broad SMARTS) is 1. The molecule has 5 nitrogen and oxygen atoms in total. The van der Waals surface area contributed by atoms with Crippen LogP contribution in [0.15, 0.2) is 23.1 Å². The van der Waals surface area contributed by atoms with Crippen LogP contribution in [0.5, 0.6) is 5.75 Å². The summed E-state index contributed by atoms with van der Waals surface area (Å²) in [5.41, 5.74) is 0.546. The van der Waals surface area contributed by atoms with Crippen LogP contribution in [-0.4, -0.2) is 32.4 Å². The minimum Gasteiger partial charge on any atom is -0.497 e. The maximum Gasteiger partial charge on any atom is 0.306 e. The molecule has 1 heterocycles. The zero-order valence-electron chi connectivity index (χ0n) is 10.1. The number of aliphatic carboxylic acids is 1. The van der Waals surface area contributed by atoms with Crippen molar-refractivity contribution in [3.63, 3.8) is 0 Å². The molecule has 0 saturated heterocycles. The number of hydrogen-bond acceptors (Lipinski definition) is 4. The third-order valence-corrected chi connectivity index (χ3v) is 5.18. The Morgan fingerprint density at radius 2 is 2.17 bits per heavy atom. The standard InChI is InChI=1S/C12H14O5S/c1-7(12(13)14)10-6-18(15,16)11-4-3-8(17-2)5-9(10)11/h3-5,7,10H,6H2,1-2H3,(H,13,14). The van der Waals surface area contributed by atoms with Crippen LogP contribution >= 0.6 is 0 Å². The highest BCUT2D eigenvalue weighted by Gasteiger charge is 2.40. The number of sulfone groups is 1. The fraction of sp³-hybridized carbons (Fsp3) is 0.417. The molecule has 2 atom stereocenters. The van der Waals surface area contributed by atoms with Gasteiger partial charge in [-0.2, -0.15) is 0 Å². The fourth-order valence-corrected chi connectivity index (χ4v) is 4.19. The van der Waals surface area contributed by atoms with Crippen LogP contribution in [0.3, 0.4) is 0 Å². The lowest BCUT2D eigenvalue weighted by atomic mass is 9.89. The van der Waals surface area contributed by atoms with Crippen LogP contribution in [-0.2, 0) is 14.6 Å². The number of benzene rings is 1. The van der Waals surface area contributed by atoms with Crippen molar-refractivity contribution in [1.29, 1.82) is 0 Å². The van der Waals surface area contributed by atoms with Crippen LogP contribution in [0.4, 0.5) is 0 Å². The smallest absolute Gasteiger partial charge is 0.306 e. The molecule has 2 unspecified atom stereocenters. The van der Waals surface area contributed by atoms with Gasteiger partial charge in [0.15, 0.2) is 9.84 Å². The predicted molar refractivity (Wildman–Crippen MR) is 64.6 cm³/mol. The molecule has 1 aromatic rings. The normalized spacial score (nSPS) is 22.2. The van der Waals surface area contributed by atoms with Crippen LogP contribution in [0, 0.1) is 5.92 Å². The Hall–Kier alpha value is -1.56. The Labute approximate surface area is 105 Å². The summed E-state index contributed by atoms with van der Waals surface area (Å²) < 4.78 is 29.0. The highest BCUT2D eigenvalue weighted by molar-refractivity contribution is 7.91. The Balaban J connectivity index is 2.56. The topological polar surface area (TPSA) is 80.7 Å². The maximum absolute atomic E-state index is 12.0. The zero-order chi connectivity index (χ0) is 13.5. The summed E-state index contributed by atoms with van der Waals surface area (Å²) in [6.07, 6.45) is 0. The monoisotopic (exact) mass is 270 g/mol. The fourth-order valence-electron chi connectivity index (χ4n) is 2.23. The lowest BCUT2D eigenvalue weighted by molar-refractivity contribution is -0.141.